The van der Waals surface area contributed by atoms with Crippen LogP contribution in [0.2, 0.25) is 0 Å². The van der Waals surface area contributed by atoms with Gasteiger partial charge in [0.2, 0.25) is 0 Å². The molecular weight excluding hydrogens is 234 g/mol. The van der Waals surface area contributed by atoms with Crippen molar-refractivity contribution in [1.82, 2.24) is 4.90 Å². The monoisotopic (exact) mass is 261 g/mol. The zero-order valence-corrected chi connectivity index (χ0v) is 12.3. The zero-order chi connectivity index (χ0) is 13.7. The van der Waals surface area contributed by atoms with E-state index < -0.39 is 0 Å². The molecule has 1 N–H and O–H groups in total. The van der Waals surface area contributed by atoms with E-state index in [2.05, 4.69) is 49.1 Å². The largest absolute Gasteiger partial charge is 0.396 e. The van der Waals surface area contributed by atoms with E-state index in [1.54, 1.807) is 0 Å². The van der Waals surface area contributed by atoms with Gasteiger partial charge in [-0.1, -0.05) is 50.6 Å². The summed E-state index contributed by atoms with van der Waals surface area (Å²) in [5.74, 6) is 0.672. The minimum absolute atomic E-state index is 0.0698. The molecule has 1 aromatic rings. The predicted molar refractivity (Wildman–Crippen MR) is 80.3 cm³/mol. The number of nitrogens with zero attached hydrogens (tertiary/aromatic N) is 1. The fraction of sp³-hybridized carbons (Fsp3) is 0.647. The van der Waals surface area contributed by atoms with Gasteiger partial charge >= 0.3 is 0 Å². The molecule has 0 aliphatic carbocycles. The molecular formula is C17H27NO. The quantitative estimate of drug-likeness (QED) is 0.849. The minimum atomic E-state index is 0.0698. The molecule has 0 spiro atoms. The number of likely N-dealkylation sites (tertiary alicyclic amines) is 1. The molecule has 1 saturated heterocycles. The highest BCUT2D eigenvalue weighted by Gasteiger charge is 2.30. The third-order valence-electron chi connectivity index (χ3n) is 4.38. The Labute approximate surface area is 117 Å². The van der Waals surface area contributed by atoms with Crippen LogP contribution in [0.25, 0.3) is 0 Å². The van der Waals surface area contributed by atoms with Gasteiger partial charge in [0.15, 0.2) is 0 Å². The number of aliphatic hydroxyl groups excluding tert-OH is 1. The standard InChI is InChI=1S/C17H27NO/c1-3-10-17(2,14-19)13-18-11-9-16(12-18)15-7-5-4-6-8-15/h4-8,16,19H,3,9-14H2,1-2H3. The first kappa shape index (κ1) is 14.5. The molecule has 1 fully saturated rings. The lowest BCUT2D eigenvalue weighted by molar-refractivity contribution is 0.0892. The van der Waals surface area contributed by atoms with Gasteiger partial charge < -0.3 is 10.0 Å². The van der Waals surface area contributed by atoms with Crippen molar-refractivity contribution in [2.45, 2.75) is 39.0 Å². The van der Waals surface area contributed by atoms with E-state index in [4.69, 9.17) is 0 Å². The molecule has 1 aliphatic heterocycles. The molecule has 2 atom stereocenters. The maximum absolute atomic E-state index is 9.63. The second kappa shape index (κ2) is 6.53. The van der Waals surface area contributed by atoms with Crippen molar-refractivity contribution < 1.29 is 5.11 Å². The summed E-state index contributed by atoms with van der Waals surface area (Å²) in [5, 5.41) is 9.63. The first-order valence-electron chi connectivity index (χ1n) is 7.55. The van der Waals surface area contributed by atoms with E-state index >= 15 is 0 Å². The van der Waals surface area contributed by atoms with Crippen LogP contribution in [0.15, 0.2) is 30.3 Å². The second-order valence-corrected chi connectivity index (χ2v) is 6.35. The number of rotatable bonds is 6. The van der Waals surface area contributed by atoms with E-state index in [9.17, 15) is 5.11 Å². The van der Waals surface area contributed by atoms with Gasteiger partial charge in [0.05, 0.1) is 0 Å². The van der Waals surface area contributed by atoms with Crippen molar-refractivity contribution in [3.8, 4) is 0 Å². The molecule has 2 heteroatoms. The highest BCUT2D eigenvalue weighted by atomic mass is 16.3. The lowest BCUT2D eigenvalue weighted by Gasteiger charge is -2.32. The van der Waals surface area contributed by atoms with Crippen LogP contribution in [0.4, 0.5) is 0 Å². The Morgan fingerprint density at radius 3 is 2.68 bits per heavy atom. The fourth-order valence-corrected chi connectivity index (χ4v) is 3.33. The van der Waals surface area contributed by atoms with Crippen molar-refractivity contribution in [3.63, 3.8) is 0 Å². The van der Waals surface area contributed by atoms with Crippen LogP contribution in [0, 0.1) is 5.41 Å². The van der Waals surface area contributed by atoms with E-state index in [0.717, 1.165) is 25.9 Å². The van der Waals surface area contributed by atoms with E-state index in [1.165, 1.54) is 18.5 Å². The summed E-state index contributed by atoms with van der Waals surface area (Å²) < 4.78 is 0. The Morgan fingerprint density at radius 1 is 1.32 bits per heavy atom. The Morgan fingerprint density at radius 2 is 2.05 bits per heavy atom. The van der Waals surface area contributed by atoms with E-state index in [-0.39, 0.29) is 5.41 Å². The number of hydrogen-bond acceptors (Lipinski definition) is 2. The average molecular weight is 261 g/mol. The van der Waals surface area contributed by atoms with Gasteiger partial charge in [-0.05, 0) is 30.9 Å². The first-order chi connectivity index (χ1) is 9.17. The molecule has 1 heterocycles. The first-order valence-corrected chi connectivity index (χ1v) is 7.55. The molecule has 0 saturated carbocycles. The van der Waals surface area contributed by atoms with E-state index in [0.29, 0.717) is 12.5 Å². The normalized spacial score (nSPS) is 23.4. The topological polar surface area (TPSA) is 23.5 Å². The number of hydrogen-bond donors (Lipinski definition) is 1. The zero-order valence-electron chi connectivity index (χ0n) is 12.3. The van der Waals surface area contributed by atoms with Gasteiger partial charge in [0, 0.05) is 25.1 Å². The van der Waals surface area contributed by atoms with Gasteiger partial charge in [-0.15, -0.1) is 0 Å². The van der Waals surface area contributed by atoms with Crippen LogP contribution < -0.4 is 0 Å². The van der Waals surface area contributed by atoms with Crippen LogP contribution in [-0.2, 0) is 0 Å². The third kappa shape index (κ3) is 3.80. The van der Waals surface area contributed by atoms with Crippen molar-refractivity contribution in [2.75, 3.05) is 26.2 Å². The van der Waals surface area contributed by atoms with Crippen molar-refractivity contribution in [1.29, 1.82) is 0 Å². The lowest BCUT2D eigenvalue weighted by Crippen LogP contribution is -2.37. The summed E-state index contributed by atoms with van der Waals surface area (Å²) in [7, 11) is 0. The molecule has 0 radical (unpaired) electrons. The van der Waals surface area contributed by atoms with Gasteiger partial charge in [-0.3, -0.25) is 0 Å². The van der Waals surface area contributed by atoms with Crippen LogP contribution >= 0.6 is 0 Å². The molecule has 2 unspecified atom stereocenters. The van der Waals surface area contributed by atoms with Crippen molar-refractivity contribution in [3.05, 3.63) is 35.9 Å². The number of benzene rings is 1. The predicted octanol–water partition coefficient (Wildman–Crippen LogP) is 3.27. The van der Waals surface area contributed by atoms with Crippen LogP contribution in [0.5, 0.6) is 0 Å². The number of aliphatic hydroxyl groups is 1. The van der Waals surface area contributed by atoms with Crippen LogP contribution in [0.3, 0.4) is 0 Å². The molecule has 106 valence electrons. The molecule has 1 aromatic carbocycles. The Balaban J connectivity index is 1.92. The smallest absolute Gasteiger partial charge is 0.0497 e. The maximum atomic E-state index is 9.63. The molecule has 19 heavy (non-hydrogen) atoms. The summed E-state index contributed by atoms with van der Waals surface area (Å²) >= 11 is 0. The molecule has 0 amide bonds. The highest BCUT2D eigenvalue weighted by Crippen LogP contribution is 2.31. The van der Waals surface area contributed by atoms with Crippen molar-refractivity contribution in [2.24, 2.45) is 5.41 Å². The Hall–Kier alpha value is -0.860. The molecule has 2 rings (SSSR count). The summed E-state index contributed by atoms with van der Waals surface area (Å²) in [6.45, 7) is 8.05. The molecule has 2 nitrogen and oxygen atoms in total. The minimum Gasteiger partial charge on any atom is -0.396 e. The highest BCUT2D eigenvalue weighted by molar-refractivity contribution is 5.21. The van der Waals surface area contributed by atoms with Gasteiger partial charge in [-0.2, -0.15) is 0 Å². The average Bonchev–Trinajstić information content (AvgIpc) is 2.88. The summed E-state index contributed by atoms with van der Waals surface area (Å²) in [4.78, 5) is 2.53. The van der Waals surface area contributed by atoms with Crippen LogP contribution in [-0.4, -0.2) is 36.2 Å². The third-order valence-corrected chi connectivity index (χ3v) is 4.38. The van der Waals surface area contributed by atoms with Gasteiger partial charge in [0.1, 0.15) is 0 Å². The lowest BCUT2D eigenvalue weighted by atomic mass is 9.86. The summed E-state index contributed by atoms with van der Waals surface area (Å²) in [6, 6.07) is 10.8. The Bertz CT molecular complexity index is 378. The van der Waals surface area contributed by atoms with Crippen LogP contribution in [0.1, 0.15) is 44.6 Å². The van der Waals surface area contributed by atoms with Gasteiger partial charge in [0.25, 0.3) is 0 Å². The summed E-state index contributed by atoms with van der Waals surface area (Å²) in [5.41, 5.74) is 1.53. The second-order valence-electron chi connectivity index (χ2n) is 6.35. The van der Waals surface area contributed by atoms with E-state index in [1.807, 2.05) is 0 Å². The Kier molecular flexibility index (Phi) is 5.00. The van der Waals surface area contributed by atoms with Crippen molar-refractivity contribution >= 4 is 0 Å². The molecule has 0 bridgehead atoms. The molecule has 0 aromatic heterocycles. The molecule has 1 aliphatic rings. The summed E-state index contributed by atoms with van der Waals surface area (Å²) in [6.07, 6.45) is 3.50. The SMILES string of the molecule is CCCC(C)(CO)CN1CCC(c2ccccc2)C1. The maximum Gasteiger partial charge on any atom is 0.0497 e. The van der Waals surface area contributed by atoms with Gasteiger partial charge in [-0.25, -0.2) is 0 Å². The fourth-order valence-electron chi connectivity index (χ4n) is 3.33.